The summed E-state index contributed by atoms with van der Waals surface area (Å²) in [5.41, 5.74) is 2.20. The maximum atomic E-state index is 2.44. The molecule has 21 heavy (non-hydrogen) atoms. The minimum absolute atomic E-state index is 0. The van der Waals surface area contributed by atoms with E-state index in [-0.39, 0.29) is 9.90 Å². The van der Waals surface area contributed by atoms with Crippen molar-refractivity contribution in [2.75, 3.05) is 0 Å². The number of fused-ring (bicyclic) bond motifs is 1. The van der Waals surface area contributed by atoms with Crippen molar-refractivity contribution >= 4 is 20.7 Å². The first-order valence-electron chi connectivity index (χ1n) is 8.31. The Labute approximate surface area is 130 Å². The van der Waals surface area contributed by atoms with Crippen LogP contribution in [0.1, 0.15) is 44.1 Å². The number of benzene rings is 2. The highest BCUT2D eigenvalue weighted by molar-refractivity contribution is 6.92. The third kappa shape index (κ3) is 1.99. The number of hydrogen-bond donors (Lipinski definition) is 0. The molecule has 4 saturated carbocycles. The van der Waals surface area contributed by atoms with E-state index < -0.39 is 0 Å². The fraction of sp³-hybridized carbons (Fsp3) is 0.500. The van der Waals surface area contributed by atoms with E-state index in [1.54, 1.807) is 5.56 Å². The van der Waals surface area contributed by atoms with Gasteiger partial charge >= 0.3 is 0 Å². The molecule has 0 heterocycles. The summed E-state index contributed by atoms with van der Waals surface area (Å²) in [4.78, 5) is 0. The van der Waals surface area contributed by atoms with Gasteiger partial charge in [-0.2, -0.15) is 9.90 Å². The van der Waals surface area contributed by atoms with Crippen LogP contribution in [0.3, 0.4) is 0 Å². The summed E-state index contributed by atoms with van der Waals surface area (Å²) in [6.07, 6.45) is 8.99. The molecule has 1 unspecified atom stereocenters. The van der Waals surface area contributed by atoms with E-state index in [4.69, 9.17) is 0 Å². The Morgan fingerprint density at radius 3 is 1.95 bits per heavy atom. The third-order valence-electron chi connectivity index (χ3n) is 6.40. The molecule has 0 aromatic heterocycles. The highest BCUT2D eigenvalue weighted by Gasteiger charge is 2.51. The zero-order valence-corrected chi connectivity index (χ0v) is 14.1. The zero-order chi connectivity index (χ0) is 13.2. The Hall–Kier alpha value is -0.870. The normalized spacial score (nSPS) is 36.7. The predicted molar refractivity (Wildman–Crippen MR) is 94.9 cm³/mol. The summed E-state index contributed by atoms with van der Waals surface area (Å²) in [7, 11) is 0. The first-order valence-corrected chi connectivity index (χ1v) is 8.31. The van der Waals surface area contributed by atoms with E-state index in [2.05, 4.69) is 42.5 Å². The van der Waals surface area contributed by atoms with Gasteiger partial charge < -0.3 is 0 Å². The third-order valence-corrected chi connectivity index (χ3v) is 6.40. The summed E-state index contributed by atoms with van der Waals surface area (Å²) >= 11 is 0. The Kier molecular flexibility index (Phi) is 3.16. The molecule has 0 aliphatic heterocycles. The SMILES string of the molecule is P.c1ccc2c(C34CC5CC(CC(C5)C3)C4)cccc2c1. The Balaban J connectivity index is 0.00000115. The summed E-state index contributed by atoms with van der Waals surface area (Å²) in [5.74, 6) is 3.08. The van der Waals surface area contributed by atoms with Gasteiger partial charge in [0.15, 0.2) is 0 Å². The molecule has 6 rings (SSSR count). The Morgan fingerprint density at radius 1 is 0.714 bits per heavy atom. The number of hydrogen-bond acceptors (Lipinski definition) is 0. The van der Waals surface area contributed by atoms with Gasteiger partial charge in [-0.15, -0.1) is 0 Å². The van der Waals surface area contributed by atoms with Gasteiger partial charge in [-0.05, 0) is 78.0 Å². The molecule has 0 radical (unpaired) electrons. The van der Waals surface area contributed by atoms with Gasteiger partial charge in [-0.25, -0.2) is 0 Å². The van der Waals surface area contributed by atoms with Gasteiger partial charge in [0.2, 0.25) is 0 Å². The van der Waals surface area contributed by atoms with Crippen molar-refractivity contribution in [2.24, 2.45) is 17.8 Å². The predicted octanol–water partition coefficient (Wildman–Crippen LogP) is 5.37. The highest BCUT2D eigenvalue weighted by Crippen LogP contribution is 2.61. The molecule has 0 saturated heterocycles. The minimum atomic E-state index is 0. The largest absolute Gasteiger partial charge is 0.153 e. The Bertz CT molecular complexity index is 632. The molecule has 1 atom stereocenters. The van der Waals surface area contributed by atoms with Crippen LogP contribution in [0.4, 0.5) is 0 Å². The maximum Gasteiger partial charge on any atom is -0.00329 e. The van der Waals surface area contributed by atoms with E-state index in [1.165, 1.54) is 49.3 Å². The smallest absolute Gasteiger partial charge is 0.00329 e. The zero-order valence-electron chi connectivity index (χ0n) is 12.7. The van der Waals surface area contributed by atoms with Crippen molar-refractivity contribution in [3.63, 3.8) is 0 Å². The van der Waals surface area contributed by atoms with Crippen molar-refractivity contribution < 1.29 is 0 Å². The van der Waals surface area contributed by atoms with Gasteiger partial charge in [0.05, 0.1) is 0 Å². The summed E-state index contributed by atoms with van der Waals surface area (Å²) in [6, 6.07) is 16.0. The molecule has 0 spiro atoms. The lowest BCUT2D eigenvalue weighted by Crippen LogP contribution is -2.48. The molecule has 0 N–H and O–H groups in total. The van der Waals surface area contributed by atoms with Gasteiger partial charge in [0.25, 0.3) is 0 Å². The minimum Gasteiger partial charge on any atom is -0.153 e. The van der Waals surface area contributed by atoms with E-state index in [9.17, 15) is 0 Å². The van der Waals surface area contributed by atoms with Crippen LogP contribution in [0.15, 0.2) is 42.5 Å². The molecule has 0 nitrogen and oxygen atoms in total. The molecule has 2 aromatic rings. The molecular weight excluding hydrogens is 271 g/mol. The average Bonchev–Trinajstić information content (AvgIpc) is 2.45. The molecule has 1 heteroatoms. The van der Waals surface area contributed by atoms with Crippen LogP contribution in [-0.4, -0.2) is 0 Å². The fourth-order valence-electron chi connectivity index (χ4n) is 6.13. The molecular formula is C20H25P. The standard InChI is InChI=1S/C20H22.H3P/c1-2-6-18-17(4-1)5-3-7-19(18)20-11-14-8-15(12-20)10-16(9-14)13-20;/h1-7,14-16H,8-13H2;1H3. The molecule has 4 bridgehead atoms. The second-order valence-electron chi connectivity index (χ2n) is 7.72. The van der Waals surface area contributed by atoms with Gasteiger partial charge in [0.1, 0.15) is 0 Å². The second kappa shape index (κ2) is 4.82. The quantitative estimate of drug-likeness (QED) is 0.621. The lowest BCUT2D eigenvalue weighted by molar-refractivity contribution is -0.00449. The van der Waals surface area contributed by atoms with Crippen molar-refractivity contribution in [1.82, 2.24) is 0 Å². The molecule has 0 amide bonds. The Morgan fingerprint density at radius 2 is 1.29 bits per heavy atom. The molecule has 4 aliphatic rings. The topological polar surface area (TPSA) is 0 Å². The van der Waals surface area contributed by atoms with Crippen LogP contribution >= 0.6 is 9.90 Å². The van der Waals surface area contributed by atoms with Gasteiger partial charge in [-0.3, -0.25) is 0 Å². The van der Waals surface area contributed by atoms with Gasteiger partial charge in [-0.1, -0.05) is 42.5 Å². The second-order valence-corrected chi connectivity index (χ2v) is 7.72. The van der Waals surface area contributed by atoms with Crippen LogP contribution in [0.25, 0.3) is 10.8 Å². The van der Waals surface area contributed by atoms with Gasteiger partial charge in [0, 0.05) is 0 Å². The molecule has 4 fully saturated rings. The van der Waals surface area contributed by atoms with Crippen LogP contribution in [-0.2, 0) is 5.41 Å². The van der Waals surface area contributed by atoms with E-state index >= 15 is 0 Å². The summed E-state index contributed by atoms with van der Waals surface area (Å²) in [5, 5.41) is 2.96. The molecule has 2 aromatic carbocycles. The van der Waals surface area contributed by atoms with Crippen LogP contribution < -0.4 is 0 Å². The van der Waals surface area contributed by atoms with E-state index in [0.29, 0.717) is 5.41 Å². The molecule has 110 valence electrons. The average molecular weight is 296 g/mol. The van der Waals surface area contributed by atoms with Crippen molar-refractivity contribution in [3.05, 3.63) is 48.0 Å². The molecule has 4 aliphatic carbocycles. The first kappa shape index (κ1) is 13.8. The van der Waals surface area contributed by atoms with Crippen LogP contribution in [0, 0.1) is 17.8 Å². The van der Waals surface area contributed by atoms with Crippen molar-refractivity contribution in [1.29, 1.82) is 0 Å². The van der Waals surface area contributed by atoms with E-state index in [0.717, 1.165) is 17.8 Å². The summed E-state index contributed by atoms with van der Waals surface area (Å²) in [6.45, 7) is 0. The monoisotopic (exact) mass is 296 g/mol. The van der Waals surface area contributed by atoms with E-state index in [1.807, 2.05) is 0 Å². The highest BCUT2D eigenvalue weighted by atomic mass is 31.0. The van der Waals surface area contributed by atoms with Crippen molar-refractivity contribution in [2.45, 2.75) is 43.9 Å². The maximum absolute atomic E-state index is 2.44. The first-order chi connectivity index (χ1) is 9.82. The lowest BCUT2D eigenvalue weighted by atomic mass is 9.48. The number of rotatable bonds is 1. The lowest BCUT2D eigenvalue weighted by Gasteiger charge is -2.57. The van der Waals surface area contributed by atoms with Crippen molar-refractivity contribution in [3.8, 4) is 0 Å². The fourth-order valence-corrected chi connectivity index (χ4v) is 6.13. The summed E-state index contributed by atoms with van der Waals surface area (Å²) < 4.78 is 0. The van der Waals surface area contributed by atoms with Crippen LogP contribution in [0.5, 0.6) is 0 Å². The van der Waals surface area contributed by atoms with Crippen LogP contribution in [0.2, 0.25) is 0 Å².